The van der Waals surface area contributed by atoms with Crippen molar-refractivity contribution in [2.24, 2.45) is 0 Å². The maximum Gasteiger partial charge on any atom is 0.263 e. The van der Waals surface area contributed by atoms with Crippen molar-refractivity contribution in [3.63, 3.8) is 0 Å². The molecule has 1 fully saturated rings. The van der Waals surface area contributed by atoms with Crippen LogP contribution >= 0.6 is 23.2 Å². The van der Waals surface area contributed by atoms with Gasteiger partial charge in [0.05, 0.1) is 17.4 Å². The van der Waals surface area contributed by atoms with Gasteiger partial charge >= 0.3 is 0 Å². The predicted molar refractivity (Wildman–Crippen MR) is 91.9 cm³/mol. The van der Waals surface area contributed by atoms with E-state index in [1.807, 2.05) is 31.2 Å². The molecule has 0 amide bonds. The van der Waals surface area contributed by atoms with Crippen LogP contribution in [0.3, 0.4) is 0 Å². The first-order valence-corrected chi connectivity index (χ1v) is 8.33. The minimum absolute atomic E-state index is 0.0271. The zero-order valence-electron chi connectivity index (χ0n) is 12.9. The van der Waals surface area contributed by atoms with Crippen LogP contribution in [0, 0.1) is 11.3 Å². The van der Waals surface area contributed by atoms with Gasteiger partial charge in [0.2, 0.25) is 0 Å². The maximum atomic E-state index is 13.0. The normalized spacial score (nSPS) is 25.5. The van der Waals surface area contributed by atoms with Gasteiger partial charge in [0.1, 0.15) is 0 Å². The first-order chi connectivity index (χ1) is 11.3. The third-order valence-corrected chi connectivity index (χ3v) is 5.30. The highest BCUT2D eigenvalue weighted by Gasteiger charge is 2.61. The molecule has 3 rings (SSSR count). The Morgan fingerprint density at radius 3 is 2.33 bits per heavy atom. The number of nitriles is 1. The molecule has 1 aliphatic rings. The highest BCUT2D eigenvalue weighted by molar-refractivity contribution is 6.31. The predicted octanol–water partition coefficient (Wildman–Crippen LogP) is 6.22. The van der Waals surface area contributed by atoms with Gasteiger partial charge in [0.15, 0.2) is 0 Å². The van der Waals surface area contributed by atoms with Crippen LogP contribution in [0.15, 0.2) is 42.5 Å². The van der Waals surface area contributed by atoms with Crippen LogP contribution in [0.4, 0.5) is 8.78 Å². The van der Waals surface area contributed by atoms with Crippen molar-refractivity contribution in [3.8, 4) is 6.07 Å². The number of rotatable bonds is 4. The average Bonchev–Trinajstić information content (AvgIpc) is 3.10. The zero-order valence-corrected chi connectivity index (χ0v) is 14.5. The van der Waals surface area contributed by atoms with Crippen molar-refractivity contribution in [3.05, 3.63) is 69.7 Å². The zero-order chi connectivity index (χ0) is 17.5. The molecular formula is C19H15Cl2F2N. The lowest BCUT2D eigenvalue weighted by Crippen LogP contribution is -1.96. The summed E-state index contributed by atoms with van der Waals surface area (Å²) < 4.78 is 26.0. The number of alkyl halides is 3. The molecule has 0 N–H and O–H groups in total. The molecule has 1 saturated carbocycles. The molecule has 0 radical (unpaired) electrons. The standard InChI is InChI=1S/C19H15Cl2F2N/c1-19(21)16(12-4-2-11(3-5-12)6-7-24)17(19)13-8-14(18(22)23)10-15(20)9-13/h2-5,8-10,16-18H,6H2,1H3. The largest absolute Gasteiger partial charge is 0.263 e. The molecule has 24 heavy (non-hydrogen) atoms. The van der Waals surface area contributed by atoms with E-state index in [1.165, 1.54) is 12.1 Å². The number of hydrogen-bond donors (Lipinski definition) is 0. The van der Waals surface area contributed by atoms with Gasteiger partial charge in [-0.2, -0.15) is 5.26 Å². The lowest BCUT2D eigenvalue weighted by molar-refractivity contribution is 0.151. The number of halogens is 4. The summed E-state index contributed by atoms with van der Waals surface area (Å²) in [5.41, 5.74) is 2.64. The molecule has 0 saturated heterocycles. The Kier molecular flexibility index (Phi) is 4.55. The van der Waals surface area contributed by atoms with Gasteiger partial charge in [-0.15, -0.1) is 11.6 Å². The van der Waals surface area contributed by atoms with Gasteiger partial charge < -0.3 is 0 Å². The van der Waals surface area contributed by atoms with E-state index in [1.54, 1.807) is 6.07 Å². The van der Waals surface area contributed by atoms with E-state index >= 15 is 0 Å². The molecule has 0 heterocycles. The third kappa shape index (κ3) is 3.14. The summed E-state index contributed by atoms with van der Waals surface area (Å²) in [6.45, 7) is 1.91. The molecule has 0 spiro atoms. The summed E-state index contributed by atoms with van der Waals surface area (Å²) in [7, 11) is 0. The fraction of sp³-hybridized carbons (Fsp3) is 0.316. The van der Waals surface area contributed by atoms with Crippen LogP contribution in [0.2, 0.25) is 5.02 Å². The molecule has 0 aliphatic heterocycles. The van der Waals surface area contributed by atoms with Gasteiger partial charge in [0, 0.05) is 22.4 Å². The van der Waals surface area contributed by atoms with Crippen LogP contribution < -0.4 is 0 Å². The number of nitrogens with zero attached hydrogens (tertiary/aromatic N) is 1. The highest BCUT2D eigenvalue weighted by Crippen LogP contribution is 2.67. The lowest BCUT2D eigenvalue weighted by Gasteiger charge is -2.07. The van der Waals surface area contributed by atoms with Crippen molar-refractivity contribution in [1.29, 1.82) is 5.26 Å². The average molecular weight is 366 g/mol. The monoisotopic (exact) mass is 365 g/mol. The van der Waals surface area contributed by atoms with Crippen LogP contribution in [0.1, 0.15) is 47.4 Å². The van der Waals surface area contributed by atoms with Crippen molar-refractivity contribution in [2.45, 2.75) is 36.5 Å². The van der Waals surface area contributed by atoms with E-state index in [2.05, 4.69) is 6.07 Å². The number of benzene rings is 2. The molecule has 2 aromatic carbocycles. The SMILES string of the molecule is CC1(Cl)C(c2ccc(CC#N)cc2)C1c1cc(Cl)cc(C(F)F)c1. The molecule has 0 bridgehead atoms. The molecular weight excluding hydrogens is 351 g/mol. The quantitative estimate of drug-likeness (QED) is 0.589. The van der Waals surface area contributed by atoms with Crippen molar-refractivity contribution in [1.82, 2.24) is 0 Å². The maximum absolute atomic E-state index is 13.0. The second kappa shape index (κ2) is 6.35. The Balaban J connectivity index is 1.91. The highest BCUT2D eigenvalue weighted by atomic mass is 35.5. The Hall–Kier alpha value is -1.63. The third-order valence-electron chi connectivity index (χ3n) is 4.62. The van der Waals surface area contributed by atoms with E-state index in [0.717, 1.165) is 16.7 Å². The molecule has 124 valence electrons. The van der Waals surface area contributed by atoms with Gasteiger partial charge in [-0.05, 0) is 41.8 Å². The van der Waals surface area contributed by atoms with Crippen LogP contribution in [-0.4, -0.2) is 4.87 Å². The van der Waals surface area contributed by atoms with Gasteiger partial charge in [-0.25, -0.2) is 8.78 Å². The summed E-state index contributed by atoms with van der Waals surface area (Å²) in [5.74, 6) is -0.0449. The molecule has 1 nitrogen and oxygen atoms in total. The second-order valence-corrected chi connectivity index (χ2v) is 7.55. The van der Waals surface area contributed by atoms with Gasteiger partial charge in [-0.3, -0.25) is 0 Å². The molecule has 2 aromatic rings. The Morgan fingerprint density at radius 1 is 1.12 bits per heavy atom. The minimum atomic E-state index is -2.56. The minimum Gasteiger partial charge on any atom is -0.205 e. The van der Waals surface area contributed by atoms with E-state index < -0.39 is 11.3 Å². The molecule has 1 aliphatic carbocycles. The Labute approximate surface area is 149 Å². The van der Waals surface area contributed by atoms with E-state index in [0.29, 0.717) is 11.4 Å². The van der Waals surface area contributed by atoms with Crippen molar-refractivity contribution in [2.75, 3.05) is 0 Å². The van der Waals surface area contributed by atoms with Crippen LogP contribution in [0.5, 0.6) is 0 Å². The first kappa shape index (κ1) is 17.2. The van der Waals surface area contributed by atoms with E-state index in [-0.39, 0.29) is 17.4 Å². The van der Waals surface area contributed by atoms with Crippen LogP contribution in [-0.2, 0) is 6.42 Å². The molecule has 0 aromatic heterocycles. The van der Waals surface area contributed by atoms with Crippen molar-refractivity contribution >= 4 is 23.2 Å². The lowest BCUT2D eigenvalue weighted by atomic mass is 10.0. The number of hydrogen-bond acceptors (Lipinski definition) is 1. The Bertz CT molecular complexity index is 794. The summed E-state index contributed by atoms with van der Waals surface area (Å²) in [4.78, 5) is -0.541. The summed E-state index contributed by atoms with van der Waals surface area (Å²) in [6, 6.07) is 14.3. The smallest absolute Gasteiger partial charge is 0.205 e. The first-order valence-electron chi connectivity index (χ1n) is 7.58. The summed E-state index contributed by atoms with van der Waals surface area (Å²) in [6.07, 6.45) is -2.20. The van der Waals surface area contributed by atoms with Gasteiger partial charge in [0.25, 0.3) is 6.43 Å². The second-order valence-electron chi connectivity index (χ2n) is 6.30. The van der Waals surface area contributed by atoms with E-state index in [4.69, 9.17) is 28.5 Å². The van der Waals surface area contributed by atoms with E-state index in [9.17, 15) is 8.78 Å². The van der Waals surface area contributed by atoms with Crippen molar-refractivity contribution < 1.29 is 8.78 Å². The fourth-order valence-corrected chi connectivity index (χ4v) is 4.09. The van der Waals surface area contributed by atoms with Gasteiger partial charge in [-0.1, -0.05) is 35.9 Å². The Morgan fingerprint density at radius 2 is 1.75 bits per heavy atom. The molecule has 5 heteroatoms. The summed E-state index contributed by atoms with van der Waals surface area (Å²) >= 11 is 12.6. The van der Waals surface area contributed by atoms with Crippen LogP contribution in [0.25, 0.3) is 0 Å². The molecule has 3 unspecified atom stereocenters. The molecule has 3 atom stereocenters. The summed E-state index contributed by atoms with van der Waals surface area (Å²) in [5, 5.41) is 9.03. The fourth-order valence-electron chi connectivity index (χ4n) is 3.39. The topological polar surface area (TPSA) is 23.8 Å².